The van der Waals surface area contributed by atoms with Gasteiger partial charge in [0, 0.05) is 37.1 Å². The minimum absolute atomic E-state index is 0.0100. The highest BCUT2D eigenvalue weighted by atomic mass is 16.5. The van der Waals surface area contributed by atoms with Crippen LogP contribution in [0.2, 0.25) is 0 Å². The number of hydrogen-bond donors (Lipinski definition) is 2. The minimum Gasteiger partial charge on any atom is -0.495 e. The number of para-hydroxylation sites is 2. The van der Waals surface area contributed by atoms with E-state index in [4.69, 9.17) is 4.74 Å². The Balaban J connectivity index is 1.37. The topological polar surface area (TPSA) is 101 Å². The summed E-state index contributed by atoms with van der Waals surface area (Å²) in [6.07, 6.45) is 6.41. The molecule has 160 valence electrons. The van der Waals surface area contributed by atoms with Crippen LogP contribution in [0.4, 0.5) is 16.3 Å². The predicted molar refractivity (Wildman–Crippen MR) is 116 cm³/mol. The van der Waals surface area contributed by atoms with Crippen LogP contribution >= 0.6 is 0 Å². The molecular formula is C22H24N6O3. The number of pyridine rings is 1. The van der Waals surface area contributed by atoms with E-state index < -0.39 is 0 Å². The Morgan fingerprint density at radius 1 is 1.00 bits per heavy atom. The Labute approximate surface area is 180 Å². The second kappa shape index (κ2) is 9.29. The summed E-state index contributed by atoms with van der Waals surface area (Å²) < 4.78 is 7.08. The van der Waals surface area contributed by atoms with Gasteiger partial charge in [0.2, 0.25) is 0 Å². The number of amides is 3. The molecular weight excluding hydrogens is 396 g/mol. The number of methoxy groups -OCH3 is 1. The fourth-order valence-electron chi connectivity index (χ4n) is 3.71. The van der Waals surface area contributed by atoms with E-state index >= 15 is 0 Å². The average Bonchev–Trinajstić information content (AvgIpc) is 3.27. The minimum atomic E-state index is -0.378. The van der Waals surface area contributed by atoms with Gasteiger partial charge in [0.1, 0.15) is 11.6 Å². The van der Waals surface area contributed by atoms with Crippen molar-refractivity contribution in [1.82, 2.24) is 19.7 Å². The van der Waals surface area contributed by atoms with E-state index in [1.807, 2.05) is 21.7 Å². The summed E-state index contributed by atoms with van der Waals surface area (Å²) in [4.78, 5) is 30.9. The Morgan fingerprint density at radius 2 is 1.74 bits per heavy atom. The van der Waals surface area contributed by atoms with Crippen molar-refractivity contribution in [1.29, 1.82) is 0 Å². The van der Waals surface area contributed by atoms with Crippen LogP contribution in [0.5, 0.6) is 5.75 Å². The van der Waals surface area contributed by atoms with Crippen LogP contribution in [-0.2, 0) is 0 Å². The number of aromatic nitrogens is 3. The SMILES string of the molecule is COc1ccccc1NC(=O)Nc1ccnn1C1CCN(C(=O)c2ccncc2)CC1. The normalized spacial score (nSPS) is 14.2. The first-order chi connectivity index (χ1) is 15.2. The summed E-state index contributed by atoms with van der Waals surface area (Å²) in [5.41, 5.74) is 1.22. The lowest BCUT2D eigenvalue weighted by atomic mass is 10.0. The molecule has 4 rings (SSSR count). The van der Waals surface area contributed by atoms with Crippen molar-refractivity contribution in [2.75, 3.05) is 30.8 Å². The van der Waals surface area contributed by atoms with Crippen molar-refractivity contribution in [3.63, 3.8) is 0 Å². The number of nitrogens with zero attached hydrogens (tertiary/aromatic N) is 4. The number of ether oxygens (including phenoxy) is 1. The second-order valence-corrected chi connectivity index (χ2v) is 7.20. The van der Waals surface area contributed by atoms with E-state index in [-0.39, 0.29) is 18.0 Å². The van der Waals surface area contributed by atoms with Crippen LogP contribution in [0.25, 0.3) is 0 Å². The van der Waals surface area contributed by atoms with E-state index in [0.29, 0.717) is 35.9 Å². The molecule has 31 heavy (non-hydrogen) atoms. The number of rotatable bonds is 5. The summed E-state index contributed by atoms with van der Waals surface area (Å²) in [6, 6.07) is 12.1. The molecule has 1 fully saturated rings. The molecule has 9 heteroatoms. The van der Waals surface area contributed by atoms with Gasteiger partial charge in [0.15, 0.2) is 0 Å². The van der Waals surface area contributed by atoms with Crippen LogP contribution in [0.1, 0.15) is 29.2 Å². The van der Waals surface area contributed by atoms with Gasteiger partial charge < -0.3 is 15.0 Å². The maximum absolute atomic E-state index is 12.6. The molecule has 3 aromatic rings. The fraction of sp³-hybridized carbons (Fsp3) is 0.273. The third-order valence-corrected chi connectivity index (χ3v) is 5.29. The molecule has 3 amide bonds. The molecule has 0 unspecified atom stereocenters. The van der Waals surface area contributed by atoms with Gasteiger partial charge in [-0.05, 0) is 37.1 Å². The number of carbonyl (C=O) groups excluding carboxylic acids is 2. The van der Waals surface area contributed by atoms with Gasteiger partial charge in [-0.25, -0.2) is 9.48 Å². The molecule has 0 radical (unpaired) electrons. The van der Waals surface area contributed by atoms with Crippen LogP contribution in [0.3, 0.4) is 0 Å². The van der Waals surface area contributed by atoms with Gasteiger partial charge in [-0.15, -0.1) is 0 Å². The van der Waals surface area contributed by atoms with E-state index in [9.17, 15) is 9.59 Å². The second-order valence-electron chi connectivity index (χ2n) is 7.20. The molecule has 0 aliphatic carbocycles. The number of nitrogens with one attached hydrogen (secondary N) is 2. The summed E-state index contributed by atoms with van der Waals surface area (Å²) in [5, 5.41) is 10.1. The zero-order valence-corrected chi connectivity index (χ0v) is 17.2. The van der Waals surface area contributed by atoms with Crippen LogP contribution in [0, 0.1) is 0 Å². The van der Waals surface area contributed by atoms with Gasteiger partial charge in [-0.1, -0.05) is 12.1 Å². The molecule has 0 atom stereocenters. The van der Waals surface area contributed by atoms with Crippen molar-refractivity contribution in [2.45, 2.75) is 18.9 Å². The number of anilines is 2. The van der Waals surface area contributed by atoms with Gasteiger partial charge >= 0.3 is 6.03 Å². The molecule has 3 heterocycles. The summed E-state index contributed by atoms with van der Waals surface area (Å²) in [5.74, 6) is 1.19. The third kappa shape index (κ3) is 4.66. The number of likely N-dealkylation sites (tertiary alicyclic amines) is 1. The molecule has 1 aromatic carbocycles. The highest BCUT2D eigenvalue weighted by Crippen LogP contribution is 2.27. The number of carbonyl (C=O) groups is 2. The van der Waals surface area contributed by atoms with E-state index in [1.54, 1.807) is 56.0 Å². The van der Waals surface area contributed by atoms with Crippen molar-refractivity contribution < 1.29 is 14.3 Å². The van der Waals surface area contributed by atoms with Crippen LogP contribution in [0.15, 0.2) is 61.1 Å². The summed E-state index contributed by atoms with van der Waals surface area (Å²) in [6.45, 7) is 1.25. The van der Waals surface area contributed by atoms with Crippen molar-refractivity contribution in [3.8, 4) is 5.75 Å². The Kier molecular flexibility index (Phi) is 6.11. The average molecular weight is 420 g/mol. The monoisotopic (exact) mass is 420 g/mol. The fourth-order valence-corrected chi connectivity index (χ4v) is 3.71. The first kappa shape index (κ1) is 20.4. The molecule has 0 bridgehead atoms. The Hall–Kier alpha value is -3.88. The molecule has 1 aliphatic rings. The number of benzene rings is 1. The largest absolute Gasteiger partial charge is 0.495 e. The van der Waals surface area contributed by atoms with Crippen molar-refractivity contribution in [3.05, 3.63) is 66.6 Å². The standard InChI is InChI=1S/C22H24N6O3/c1-31-19-5-3-2-4-18(19)25-22(30)26-20-8-13-24-28(20)17-9-14-27(15-10-17)21(29)16-6-11-23-12-7-16/h2-8,11-13,17H,9-10,14-15H2,1H3,(H2,25,26,30). The summed E-state index contributed by atoms with van der Waals surface area (Å²) >= 11 is 0. The highest BCUT2D eigenvalue weighted by Gasteiger charge is 2.26. The predicted octanol–water partition coefficient (Wildman–Crippen LogP) is 3.41. The van der Waals surface area contributed by atoms with E-state index in [1.165, 1.54) is 0 Å². The first-order valence-electron chi connectivity index (χ1n) is 10.1. The Morgan fingerprint density at radius 3 is 2.48 bits per heavy atom. The lowest BCUT2D eigenvalue weighted by Crippen LogP contribution is -2.39. The van der Waals surface area contributed by atoms with Crippen LogP contribution < -0.4 is 15.4 Å². The lowest BCUT2D eigenvalue weighted by molar-refractivity contribution is 0.0691. The van der Waals surface area contributed by atoms with E-state index in [2.05, 4.69) is 20.7 Å². The molecule has 1 saturated heterocycles. The molecule has 1 aliphatic heterocycles. The quantitative estimate of drug-likeness (QED) is 0.659. The maximum Gasteiger partial charge on any atom is 0.324 e. The highest BCUT2D eigenvalue weighted by molar-refractivity contribution is 6.00. The van der Waals surface area contributed by atoms with Gasteiger partial charge in [-0.2, -0.15) is 5.10 Å². The number of urea groups is 1. The first-order valence-corrected chi connectivity index (χ1v) is 10.1. The van der Waals surface area contributed by atoms with Crippen LogP contribution in [-0.4, -0.2) is 51.8 Å². The zero-order chi connectivity index (χ0) is 21.6. The number of piperidine rings is 1. The smallest absolute Gasteiger partial charge is 0.324 e. The number of hydrogen-bond acceptors (Lipinski definition) is 5. The Bertz CT molecular complexity index is 1040. The molecule has 2 aromatic heterocycles. The lowest BCUT2D eigenvalue weighted by Gasteiger charge is -2.32. The maximum atomic E-state index is 12.6. The zero-order valence-electron chi connectivity index (χ0n) is 17.2. The summed E-state index contributed by atoms with van der Waals surface area (Å²) in [7, 11) is 1.55. The molecule has 0 saturated carbocycles. The molecule has 2 N–H and O–H groups in total. The van der Waals surface area contributed by atoms with E-state index in [0.717, 1.165) is 12.8 Å². The van der Waals surface area contributed by atoms with Crippen molar-refractivity contribution >= 4 is 23.4 Å². The van der Waals surface area contributed by atoms with Gasteiger partial charge in [0.25, 0.3) is 5.91 Å². The van der Waals surface area contributed by atoms with Gasteiger partial charge in [-0.3, -0.25) is 15.1 Å². The van der Waals surface area contributed by atoms with Crippen molar-refractivity contribution in [2.24, 2.45) is 0 Å². The van der Waals surface area contributed by atoms with Gasteiger partial charge in [0.05, 0.1) is 25.0 Å². The third-order valence-electron chi connectivity index (χ3n) is 5.29. The molecule has 9 nitrogen and oxygen atoms in total. The molecule has 0 spiro atoms.